The van der Waals surface area contributed by atoms with E-state index in [0.717, 1.165) is 0 Å². The summed E-state index contributed by atoms with van der Waals surface area (Å²) in [6.45, 7) is 7.70. The van der Waals surface area contributed by atoms with Crippen LogP contribution in [0.25, 0.3) is 0 Å². The fraction of sp³-hybridized carbons (Fsp3) is 0.846. The Morgan fingerprint density at radius 1 is 1.22 bits per heavy atom. The number of carbonyl (C=O) groups is 2. The van der Waals surface area contributed by atoms with Crippen molar-refractivity contribution in [2.24, 2.45) is 5.41 Å². The number of hydrogen-bond donors (Lipinski definition) is 1. The molecule has 1 N–H and O–H groups in total. The normalized spacial score (nSPS) is 32.9. The highest BCUT2D eigenvalue weighted by atomic mass is 16.6. The van der Waals surface area contributed by atoms with E-state index < -0.39 is 11.7 Å². The molecule has 5 nitrogen and oxygen atoms in total. The predicted molar refractivity (Wildman–Crippen MR) is 65.0 cm³/mol. The van der Waals surface area contributed by atoms with Crippen LogP contribution in [0.4, 0.5) is 4.79 Å². The number of rotatable bonds is 3. The Labute approximate surface area is 107 Å². The first kappa shape index (κ1) is 13.2. The van der Waals surface area contributed by atoms with Crippen LogP contribution >= 0.6 is 0 Å². The molecule has 0 spiro atoms. The van der Waals surface area contributed by atoms with Gasteiger partial charge in [-0.05, 0) is 47.0 Å². The molecular formula is C13H21NO4. The fourth-order valence-corrected chi connectivity index (χ4v) is 2.94. The first-order chi connectivity index (χ1) is 8.20. The van der Waals surface area contributed by atoms with Crippen molar-refractivity contribution in [3.63, 3.8) is 0 Å². The molecule has 0 radical (unpaired) electrons. The second kappa shape index (κ2) is 3.87. The average molecular weight is 255 g/mol. The molecule has 1 amide bonds. The molecule has 3 aliphatic carbocycles. The predicted octanol–water partition coefficient (Wildman–Crippen LogP) is 2.00. The van der Waals surface area contributed by atoms with Crippen LogP contribution in [0, 0.1) is 5.41 Å². The van der Waals surface area contributed by atoms with Gasteiger partial charge in [-0.15, -0.1) is 0 Å². The summed E-state index contributed by atoms with van der Waals surface area (Å²) in [6.07, 6.45) is 1.63. The van der Waals surface area contributed by atoms with Crippen molar-refractivity contribution in [1.82, 2.24) is 5.32 Å². The first-order valence-electron chi connectivity index (χ1n) is 6.39. The van der Waals surface area contributed by atoms with Crippen LogP contribution < -0.4 is 5.32 Å². The average Bonchev–Trinajstić information content (AvgIpc) is 2.05. The van der Waals surface area contributed by atoms with Crippen LogP contribution in [0.2, 0.25) is 0 Å². The molecule has 3 rings (SSSR count). The molecule has 3 fully saturated rings. The molecule has 0 unspecified atom stereocenters. The van der Waals surface area contributed by atoms with Crippen LogP contribution in [-0.4, -0.2) is 29.8 Å². The van der Waals surface area contributed by atoms with E-state index in [1.54, 1.807) is 6.92 Å². The van der Waals surface area contributed by atoms with E-state index in [4.69, 9.17) is 9.47 Å². The Morgan fingerprint density at radius 2 is 1.78 bits per heavy atom. The molecule has 0 aromatic carbocycles. The molecule has 0 aromatic rings. The monoisotopic (exact) mass is 255 g/mol. The van der Waals surface area contributed by atoms with Crippen LogP contribution in [0.15, 0.2) is 0 Å². The van der Waals surface area contributed by atoms with Crippen molar-refractivity contribution in [1.29, 1.82) is 0 Å². The zero-order valence-corrected chi connectivity index (χ0v) is 11.5. The third-order valence-corrected chi connectivity index (χ3v) is 3.50. The highest BCUT2D eigenvalue weighted by Crippen LogP contribution is 2.67. The Kier molecular flexibility index (Phi) is 2.83. The van der Waals surface area contributed by atoms with Gasteiger partial charge in [0.15, 0.2) is 0 Å². The van der Waals surface area contributed by atoms with Crippen LogP contribution in [0.5, 0.6) is 0 Å². The first-order valence-corrected chi connectivity index (χ1v) is 6.39. The Morgan fingerprint density at radius 3 is 2.22 bits per heavy atom. The summed E-state index contributed by atoms with van der Waals surface area (Å²) >= 11 is 0. The molecule has 0 heterocycles. The van der Waals surface area contributed by atoms with Crippen molar-refractivity contribution in [3.8, 4) is 0 Å². The minimum Gasteiger partial charge on any atom is -0.466 e. The molecule has 3 saturated carbocycles. The molecule has 0 aliphatic heterocycles. The van der Waals surface area contributed by atoms with Crippen molar-refractivity contribution < 1.29 is 19.1 Å². The minimum atomic E-state index is -0.494. The molecule has 2 bridgehead atoms. The molecule has 0 aromatic heterocycles. The van der Waals surface area contributed by atoms with Gasteiger partial charge >= 0.3 is 12.1 Å². The molecule has 5 heteroatoms. The molecule has 0 atom stereocenters. The van der Waals surface area contributed by atoms with Crippen LogP contribution in [-0.2, 0) is 14.3 Å². The van der Waals surface area contributed by atoms with Crippen molar-refractivity contribution >= 4 is 12.1 Å². The van der Waals surface area contributed by atoms with Gasteiger partial charge in [0.1, 0.15) is 5.60 Å². The Bertz CT molecular complexity index is 363. The van der Waals surface area contributed by atoms with Gasteiger partial charge in [-0.1, -0.05) is 0 Å². The second-order valence-corrected chi connectivity index (χ2v) is 6.44. The third-order valence-electron chi connectivity index (χ3n) is 3.50. The maximum atomic E-state index is 11.7. The lowest BCUT2D eigenvalue weighted by molar-refractivity contribution is -0.203. The quantitative estimate of drug-likeness (QED) is 0.783. The van der Waals surface area contributed by atoms with Gasteiger partial charge in [0.05, 0.1) is 12.0 Å². The maximum Gasteiger partial charge on any atom is 0.408 e. The number of amides is 1. The van der Waals surface area contributed by atoms with Gasteiger partial charge in [0, 0.05) is 5.54 Å². The van der Waals surface area contributed by atoms with E-state index in [1.165, 1.54) is 0 Å². The largest absolute Gasteiger partial charge is 0.466 e. The molecule has 3 aliphatic rings. The van der Waals surface area contributed by atoms with Gasteiger partial charge in [0.2, 0.25) is 0 Å². The second-order valence-electron chi connectivity index (χ2n) is 6.44. The van der Waals surface area contributed by atoms with Gasteiger partial charge in [-0.25, -0.2) is 4.79 Å². The standard InChI is InChI=1S/C13H21NO4/c1-5-17-9(15)12-6-13(7-12,8-12)14-10(16)18-11(2,3)4/h5-8H2,1-4H3,(H,14,16). The highest BCUT2D eigenvalue weighted by Gasteiger charge is 2.73. The van der Waals surface area contributed by atoms with Gasteiger partial charge in [0.25, 0.3) is 0 Å². The van der Waals surface area contributed by atoms with E-state index in [2.05, 4.69) is 5.32 Å². The highest BCUT2D eigenvalue weighted by molar-refractivity contribution is 5.83. The molecular weight excluding hydrogens is 234 g/mol. The summed E-state index contributed by atoms with van der Waals surface area (Å²) in [5.74, 6) is -0.127. The van der Waals surface area contributed by atoms with E-state index in [1.807, 2.05) is 20.8 Å². The van der Waals surface area contributed by atoms with E-state index in [9.17, 15) is 9.59 Å². The summed E-state index contributed by atoms with van der Waals surface area (Å²) in [5, 5.41) is 2.87. The number of alkyl carbamates (subject to hydrolysis) is 1. The van der Waals surface area contributed by atoms with Crippen molar-refractivity contribution in [2.75, 3.05) is 6.61 Å². The smallest absolute Gasteiger partial charge is 0.408 e. The topological polar surface area (TPSA) is 64.6 Å². The zero-order chi connectivity index (χ0) is 13.6. The summed E-state index contributed by atoms with van der Waals surface area (Å²) in [6, 6.07) is 0. The van der Waals surface area contributed by atoms with Gasteiger partial charge in [-0.2, -0.15) is 0 Å². The van der Waals surface area contributed by atoms with Gasteiger partial charge in [-0.3, -0.25) is 4.79 Å². The zero-order valence-electron chi connectivity index (χ0n) is 11.5. The summed E-state index contributed by atoms with van der Waals surface area (Å²) in [5.41, 5.74) is -1.05. The Balaban J connectivity index is 1.80. The molecule has 18 heavy (non-hydrogen) atoms. The van der Waals surface area contributed by atoms with E-state index in [-0.39, 0.29) is 16.9 Å². The third kappa shape index (κ3) is 2.18. The SMILES string of the molecule is CCOC(=O)C12CC(NC(=O)OC(C)(C)C)(C1)C2. The van der Waals surface area contributed by atoms with E-state index in [0.29, 0.717) is 25.9 Å². The number of carbonyl (C=O) groups excluding carboxylic acids is 2. The summed E-state index contributed by atoms with van der Waals surface area (Å²) < 4.78 is 10.2. The lowest BCUT2D eigenvalue weighted by Crippen LogP contribution is -2.77. The lowest BCUT2D eigenvalue weighted by atomic mass is 9.39. The molecule has 102 valence electrons. The van der Waals surface area contributed by atoms with E-state index >= 15 is 0 Å². The van der Waals surface area contributed by atoms with Crippen LogP contribution in [0.3, 0.4) is 0 Å². The summed E-state index contributed by atoms with van der Waals surface area (Å²) in [4.78, 5) is 23.3. The lowest BCUT2D eigenvalue weighted by Gasteiger charge is -2.68. The minimum absolute atomic E-state index is 0.127. The summed E-state index contributed by atoms with van der Waals surface area (Å²) in [7, 11) is 0. The van der Waals surface area contributed by atoms with Gasteiger partial charge < -0.3 is 14.8 Å². The number of esters is 1. The number of ether oxygens (including phenoxy) is 2. The number of nitrogens with one attached hydrogen (secondary N) is 1. The fourth-order valence-electron chi connectivity index (χ4n) is 2.94. The maximum absolute atomic E-state index is 11.7. The molecule has 0 saturated heterocycles. The number of hydrogen-bond acceptors (Lipinski definition) is 4. The van der Waals surface area contributed by atoms with Crippen molar-refractivity contribution in [2.45, 2.75) is 58.1 Å². The van der Waals surface area contributed by atoms with Crippen LogP contribution in [0.1, 0.15) is 47.0 Å². The van der Waals surface area contributed by atoms with Crippen molar-refractivity contribution in [3.05, 3.63) is 0 Å². The Hall–Kier alpha value is -1.26.